The predicted octanol–water partition coefficient (Wildman–Crippen LogP) is 3.18. The fourth-order valence-corrected chi connectivity index (χ4v) is 4.32. The quantitative estimate of drug-likeness (QED) is 0.531. The zero-order valence-electron chi connectivity index (χ0n) is 18.2. The second-order valence-electron chi connectivity index (χ2n) is 8.31. The number of rotatable bonds is 7. The topological polar surface area (TPSA) is 88.0 Å². The number of hydrogen-bond donors (Lipinski definition) is 3. The zero-order valence-corrected chi connectivity index (χ0v) is 18.2. The summed E-state index contributed by atoms with van der Waals surface area (Å²) in [7, 11) is 1.84. The molecule has 3 aromatic rings. The lowest BCUT2D eigenvalue weighted by Crippen LogP contribution is -2.59. The van der Waals surface area contributed by atoms with Crippen LogP contribution in [0, 0.1) is 5.82 Å². The number of aromatic nitrogens is 2. The second-order valence-corrected chi connectivity index (χ2v) is 8.31. The van der Waals surface area contributed by atoms with E-state index in [1.165, 1.54) is 12.1 Å². The highest BCUT2D eigenvalue weighted by Crippen LogP contribution is 2.30. The van der Waals surface area contributed by atoms with Crippen LogP contribution in [0.4, 0.5) is 9.18 Å². The Kier molecular flexibility index (Phi) is 6.39. The minimum atomic E-state index is -0.893. The van der Waals surface area contributed by atoms with Gasteiger partial charge in [0.15, 0.2) is 0 Å². The average Bonchev–Trinajstić information content (AvgIpc) is 3.39. The van der Waals surface area contributed by atoms with Gasteiger partial charge >= 0.3 is 6.03 Å². The second kappa shape index (κ2) is 9.38. The summed E-state index contributed by atoms with van der Waals surface area (Å²) in [5, 5.41) is 8.73. The first-order chi connectivity index (χ1) is 15.5. The monoisotopic (exact) mass is 437 g/mol. The number of urea groups is 1. The van der Waals surface area contributed by atoms with Crippen LogP contribution >= 0.6 is 0 Å². The molecule has 0 bridgehead atoms. The molecule has 7 nitrogen and oxygen atoms in total. The maximum atomic E-state index is 13.5. The lowest BCUT2D eigenvalue weighted by Gasteiger charge is -2.29. The summed E-state index contributed by atoms with van der Waals surface area (Å²) < 4.78 is 15.4. The van der Waals surface area contributed by atoms with Gasteiger partial charge in [-0.25, -0.2) is 14.2 Å². The molecule has 3 amide bonds. The molecule has 0 saturated heterocycles. The SMILES string of the molecule is Cn1c(CCNC(=O)C2(NC(=O)NCc3ccccc3)CCCC2)nc2ccc(F)cc21. The highest BCUT2D eigenvalue weighted by molar-refractivity contribution is 5.91. The van der Waals surface area contributed by atoms with Crippen molar-refractivity contribution in [2.24, 2.45) is 7.05 Å². The number of imidazole rings is 1. The lowest BCUT2D eigenvalue weighted by atomic mass is 9.96. The number of amides is 3. The van der Waals surface area contributed by atoms with Crippen molar-refractivity contribution in [3.8, 4) is 0 Å². The standard InChI is InChI=1S/C24H28FN5O2/c1-30-20-15-18(25)9-10-19(20)28-21(30)11-14-26-22(31)24(12-5-6-13-24)29-23(32)27-16-17-7-3-2-4-8-17/h2-4,7-10,15H,5-6,11-14,16H2,1H3,(H,26,31)(H2,27,29,32). The molecule has 1 saturated carbocycles. The van der Waals surface area contributed by atoms with Gasteiger partial charge in [0.1, 0.15) is 17.2 Å². The predicted molar refractivity (Wildman–Crippen MR) is 120 cm³/mol. The number of carbonyl (C=O) groups is 2. The molecule has 2 aromatic carbocycles. The van der Waals surface area contributed by atoms with Gasteiger partial charge in [-0.2, -0.15) is 0 Å². The van der Waals surface area contributed by atoms with Crippen LogP contribution in [-0.4, -0.2) is 33.6 Å². The first-order valence-electron chi connectivity index (χ1n) is 11.0. The van der Waals surface area contributed by atoms with Crippen LogP contribution in [0.5, 0.6) is 0 Å². The van der Waals surface area contributed by atoms with E-state index in [1.54, 1.807) is 6.07 Å². The van der Waals surface area contributed by atoms with Gasteiger partial charge in [0, 0.05) is 26.6 Å². The number of aryl methyl sites for hydroxylation is 1. The molecule has 32 heavy (non-hydrogen) atoms. The Balaban J connectivity index is 1.34. The average molecular weight is 438 g/mol. The summed E-state index contributed by atoms with van der Waals surface area (Å²) in [6.07, 6.45) is 3.52. The molecule has 4 rings (SSSR count). The van der Waals surface area contributed by atoms with Gasteiger partial charge in [-0.1, -0.05) is 43.2 Å². The third-order valence-corrected chi connectivity index (χ3v) is 6.11. The number of nitrogens with zero attached hydrogens (tertiary/aromatic N) is 2. The number of halogens is 1. The van der Waals surface area contributed by atoms with Crippen LogP contribution < -0.4 is 16.0 Å². The van der Waals surface area contributed by atoms with Crippen molar-refractivity contribution in [3.05, 3.63) is 65.7 Å². The van der Waals surface area contributed by atoms with Gasteiger partial charge in [0.05, 0.1) is 11.0 Å². The van der Waals surface area contributed by atoms with Crippen LogP contribution in [-0.2, 0) is 24.8 Å². The first-order valence-corrected chi connectivity index (χ1v) is 11.0. The zero-order chi connectivity index (χ0) is 22.6. The highest BCUT2D eigenvalue weighted by Gasteiger charge is 2.42. The smallest absolute Gasteiger partial charge is 0.315 e. The van der Waals surface area contributed by atoms with Crippen molar-refractivity contribution in [2.45, 2.75) is 44.2 Å². The van der Waals surface area contributed by atoms with Crippen molar-refractivity contribution in [1.82, 2.24) is 25.5 Å². The molecule has 0 radical (unpaired) electrons. The van der Waals surface area contributed by atoms with E-state index in [9.17, 15) is 14.0 Å². The summed E-state index contributed by atoms with van der Waals surface area (Å²) in [4.78, 5) is 30.1. The van der Waals surface area contributed by atoms with Crippen molar-refractivity contribution in [1.29, 1.82) is 0 Å². The van der Waals surface area contributed by atoms with E-state index in [0.29, 0.717) is 32.4 Å². The fourth-order valence-electron chi connectivity index (χ4n) is 4.32. The van der Waals surface area contributed by atoms with Crippen LogP contribution in [0.1, 0.15) is 37.1 Å². The first kappa shape index (κ1) is 21.8. The maximum Gasteiger partial charge on any atom is 0.315 e. The molecule has 168 valence electrons. The molecular weight excluding hydrogens is 409 g/mol. The molecule has 1 heterocycles. The minimum Gasteiger partial charge on any atom is -0.354 e. The molecule has 8 heteroatoms. The Bertz CT molecular complexity index is 1110. The number of fused-ring (bicyclic) bond motifs is 1. The summed E-state index contributed by atoms with van der Waals surface area (Å²) in [5.74, 6) is 0.287. The molecule has 1 aliphatic rings. The summed E-state index contributed by atoms with van der Waals surface area (Å²) in [6.45, 7) is 0.783. The van der Waals surface area contributed by atoms with Crippen LogP contribution in [0.15, 0.2) is 48.5 Å². The highest BCUT2D eigenvalue weighted by atomic mass is 19.1. The van der Waals surface area contributed by atoms with E-state index in [-0.39, 0.29) is 17.8 Å². The van der Waals surface area contributed by atoms with E-state index in [2.05, 4.69) is 20.9 Å². The van der Waals surface area contributed by atoms with E-state index in [0.717, 1.165) is 35.3 Å². The largest absolute Gasteiger partial charge is 0.354 e. The van der Waals surface area contributed by atoms with Crippen molar-refractivity contribution < 1.29 is 14.0 Å². The Morgan fingerprint density at radius 2 is 1.84 bits per heavy atom. The van der Waals surface area contributed by atoms with Crippen molar-refractivity contribution in [3.63, 3.8) is 0 Å². The Morgan fingerprint density at radius 1 is 1.09 bits per heavy atom. The Hall–Kier alpha value is -3.42. The number of nitrogens with one attached hydrogen (secondary N) is 3. The van der Waals surface area contributed by atoms with E-state index < -0.39 is 5.54 Å². The summed E-state index contributed by atoms with van der Waals surface area (Å²) in [6, 6.07) is 13.8. The molecule has 1 aliphatic carbocycles. The molecule has 1 aromatic heterocycles. The van der Waals surface area contributed by atoms with E-state index in [4.69, 9.17) is 0 Å². The Labute approximate surface area is 186 Å². The fraction of sp³-hybridized carbons (Fsp3) is 0.375. The molecule has 0 aliphatic heterocycles. The van der Waals surface area contributed by atoms with Gasteiger partial charge in [-0.05, 0) is 36.6 Å². The van der Waals surface area contributed by atoms with Crippen LogP contribution in [0.3, 0.4) is 0 Å². The molecule has 0 spiro atoms. The molecular formula is C24H28FN5O2. The third kappa shape index (κ3) is 4.74. The van der Waals surface area contributed by atoms with Gasteiger partial charge in [0.25, 0.3) is 0 Å². The number of benzene rings is 2. The van der Waals surface area contributed by atoms with E-state index in [1.807, 2.05) is 41.9 Å². The molecule has 0 atom stereocenters. The maximum absolute atomic E-state index is 13.5. The van der Waals surface area contributed by atoms with Crippen LogP contribution in [0.2, 0.25) is 0 Å². The number of hydrogen-bond acceptors (Lipinski definition) is 3. The summed E-state index contributed by atoms with van der Waals surface area (Å²) >= 11 is 0. The molecule has 0 unspecified atom stereocenters. The van der Waals surface area contributed by atoms with Gasteiger partial charge < -0.3 is 20.5 Å². The van der Waals surface area contributed by atoms with Gasteiger partial charge in [-0.3, -0.25) is 4.79 Å². The van der Waals surface area contributed by atoms with Gasteiger partial charge in [-0.15, -0.1) is 0 Å². The Morgan fingerprint density at radius 3 is 2.59 bits per heavy atom. The minimum absolute atomic E-state index is 0.172. The molecule has 1 fully saturated rings. The van der Waals surface area contributed by atoms with E-state index >= 15 is 0 Å². The van der Waals surface area contributed by atoms with Gasteiger partial charge in [0.2, 0.25) is 5.91 Å². The lowest BCUT2D eigenvalue weighted by molar-refractivity contribution is -0.127. The summed E-state index contributed by atoms with van der Waals surface area (Å²) in [5.41, 5.74) is 1.54. The normalized spacial score (nSPS) is 14.9. The number of carbonyl (C=O) groups excluding carboxylic acids is 2. The third-order valence-electron chi connectivity index (χ3n) is 6.11. The van der Waals surface area contributed by atoms with Crippen molar-refractivity contribution in [2.75, 3.05) is 6.54 Å². The molecule has 3 N–H and O–H groups in total. The van der Waals surface area contributed by atoms with Crippen LogP contribution in [0.25, 0.3) is 11.0 Å². The van der Waals surface area contributed by atoms with Crippen molar-refractivity contribution >= 4 is 23.0 Å².